The van der Waals surface area contributed by atoms with Crippen LogP contribution in [0.25, 0.3) is 0 Å². The number of nitrogens with one attached hydrogen (secondary N) is 1. The molecule has 0 saturated carbocycles. The predicted molar refractivity (Wildman–Crippen MR) is 69.2 cm³/mol. The lowest BCUT2D eigenvalue weighted by Crippen LogP contribution is -2.24. The fourth-order valence-electron chi connectivity index (χ4n) is 0.992. The quantitative estimate of drug-likeness (QED) is 0.508. The molecule has 0 aliphatic carbocycles. The molecule has 0 amide bonds. The van der Waals surface area contributed by atoms with Crippen LogP contribution in [0.1, 0.15) is 6.42 Å². The van der Waals surface area contributed by atoms with E-state index >= 15 is 0 Å². The van der Waals surface area contributed by atoms with Crippen molar-refractivity contribution < 1.29 is 8.42 Å². The van der Waals surface area contributed by atoms with Crippen molar-refractivity contribution in [2.75, 3.05) is 6.54 Å². The molecule has 0 atom stereocenters. The van der Waals surface area contributed by atoms with E-state index < -0.39 is 10.0 Å². The second kappa shape index (κ2) is 5.62. The fraction of sp³-hybridized carbons (Fsp3) is 0.200. The molecule has 0 bridgehead atoms. The molecule has 0 heterocycles. The van der Waals surface area contributed by atoms with Gasteiger partial charge in [-0.25, -0.2) is 13.1 Å². The smallest absolute Gasteiger partial charge is 0.211 e. The summed E-state index contributed by atoms with van der Waals surface area (Å²) in [6, 6.07) is 6.72. The molecule has 0 radical (unpaired) electrons. The molecule has 0 aliphatic heterocycles. The van der Waals surface area contributed by atoms with Gasteiger partial charge in [-0.1, -0.05) is 6.08 Å². The topological polar surface area (TPSA) is 46.2 Å². The van der Waals surface area contributed by atoms with Gasteiger partial charge in [0.05, 0.1) is 4.90 Å². The van der Waals surface area contributed by atoms with Gasteiger partial charge in [0.15, 0.2) is 0 Å². The minimum absolute atomic E-state index is 0.298. The Bertz CT molecular complexity index is 425. The Morgan fingerprint density at radius 3 is 2.47 bits per heavy atom. The first-order valence-corrected chi connectivity index (χ1v) is 6.98. The van der Waals surface area contributed by atoms with Crippen molar-refractivity contribution in [3.05, 3.63) is 40.5 Å². The minimum atomic E-state index is -3.35. The first-order chi connectivity index (χ1) is 7.06. The SMILES string of the molecule is C=CCCNS(=O)(=O)c1ccc(I)cc1. The van der Waals surface area contributed by atoms with Crippen LogP contribution in [0.3, 0.4) is 0 Å². The molecular weight excluding hydrogens is 325 g/mol. The largest absolute Gasteiger partial charge is 0.240 e. The van der Waals surface area contributed by atoms with Crippen LogP contribution in [-0.2, 0) is 10.0 Å². The maximum absolute atomic E-state index is 11.7. The summed E-state index contributed by atoms with van der Waals surface area (Å²) >= 11 is 2.13. The molecule has 0 aromatic heterocycles. The summed E-state index contributed by atoms with van der Waals surface area (Å²) in [7, 11) is -3.35. The predicted octanol–water partition coefficient (Wildman–Crippen LogP) is 2.15. The summed E-state index contributed by atoms with van der Waals surface area (Å²) in [4.78, 5) is 0.298. The molecule has 5 heteroatoms. The van der Waals surface area contributed by atoms with Crippen LogP contribution >= 0.6 is 22.6 Å². The molecule has 82 valence electrons. The molecule has 1 aromatic rings. The van der Waals surface area contributed by atoms with Gasteiger partial charge in [-0.3, -0.25) is 0 Å². The molecule has 3 nitrogen and oxygen atoms in total. The van der Waals surface area contributed by atoms with E-state index in [9.17, 15) is 8.42 Å². The zero-order valence-corrected chi connectivity index (χ0v) is 11.1. The van der Waals surface area contributed by atoms with Crippen LogP contribution in [0.2, 0.25) is 0 Å². The van der Waals surface area contributed by atoms with Gasteiger partial charge in [0.2, 0.25) is 10.0 Å². The maximum Gasteiger partial charge on any atom is 0.240 e. The van der Waals surface area contributed by atoms with Crippen LogP contribution < -0.4 is 4.72 Å². The maximum atomic E-state index is 11.7. The Morgan fingerprint density at radius 1 is 1.33 bits per heavy atom. The lowest BCUT2D eigenvalue weighted by atomic mass is 10.4. The third kappa shape index (κ3) is 3.92. The second-order valence-corrected chi connectivity index (χ2v) is 5.94. The van der Waals surface area contributed by atoms with Gasteiger partial charge in [-0.2, -0.15) is 0 Å². The van der Waals surface area contributed by atoms with Crippen molar-refractivity contribution in [2.24, 2.45) is 0 Å². The number of halogens is 1. The zero-order valence-electron chi connectivity index (χ0n) is 8.11. The normalized spacial score (nSPS) is 11.3. The first kappa shape index (κ1) is 12.7. The lowest BCUT2D eigenvalue weighted by Gasteiger charge is -2.05. The molecular formula is C10H12INO2S. The minimum Gasteiger partial charge on any atom is -0.211 e. The Morgan fingerprint density at radius 2 is 1.93 bits per heavy atom. The summed E-state index contributed by atoms with van der Waals surface area (Å²) in [5, 5.41) is 0. The van der Waals surface area contributed by atoms with Crippen LogP contribution in [0.15, 0.2) is 41.8 Å². The summed E-state index contributed by atoms with van der Waals surface area (Å²) in [6.07, 6.45) is 2.31. The average Bonchev–Trinajstić information content (AvgIpc) is 2.18. The van der Waals surface area contributed by atoms with Crippen molar-refractivity contribution in [1.29, 1.82) is 0 Å². The second-order valence-electron chi connectivity index (χ2n) is 2.93. The molecule has 0 spiro atoms. The van der Waals surface area contributed by atoms with Gasteiger partial charge >= 0.3 is 0 Å². The summed E-state index contributed by atoms with van der Waals surface area (Å²) < 4.78 is 26.8. The standard InChI is InChI=1S/C10H12INO2S/c1-2-3-8-12-15(13,14)10-6-4-9(11)5-7-10/h2,4-7,12H,1,3,8H2. The Balaban J connectivity index is 2.77. The highest BCUT2D eigenvalue weighted by atomic mass is 127. The molecule has 1 rings (SSSR count). The van der Waals surface area contributed by atoms with E-state index in [0.29, 0.717) is 17.9 Å². The average molecular weight is 337 g/mol. The summed E-state index contributed by atoms with van der Waals surface area (Å²) in [5.74, 6) is 0. The van der Waals surface area contributed by atoms with Crippen molar-refractivity contribution in [3.63, 3.8) is 0 Å². The molecule has 0 unspecified atom stereocenters. The van der Waals surface area contributed by atoms with E-state index in [0.717, 1.165) is 3.57 Å². The zero-order chi connectivity index (χ0) is 11.3. The van der Waals surface area contributed by atoms with Gasteiger partial charge < -0.3 is 0 Å². The number of rotatable bonds is 5. The molecule has 1 N–H and O–H groups in total. The van der Waals surface area contributed by atoms with Crippen molar-refractivity contribution >= 4 is 32.6 Å². The number of hydrogen-bond donors (Lipinski definition) is 1. The molecule has 0 fully saturated rings. The lowest BCUT2D eigenvalue weighted by molar-refractivity contribution is 0.582. The number of hydrogen-bond acceptors (Lipinski definition) is 2. The molecule has 15 heavy (non-hydrogen) atoms. The third-order valence-electron chi connectivity index (χ3n) is 1.76. The Labute approximate surface area is 104 Å². The van der Waals surface area contributed by atoms with Crippen LogP contribution in [0.4, 0.5) is 0 Å². The Kier molecular flexibility index (Phi) is 4.75. The molecule has 1 aromatic carbocycles. The fourth-order valence-corrected chi connectivity index (χ4v) is 2.40. The van der Waals surface area contributed by atoms with E-state index in [-0.39, 0.29) is 0 Å². The number of sulfonamides is 1. The van der Waals surface area contributed by atoms with E-state index in [1.807, 2.05) is 0 Å². The van der Waals surface area contributed by atoms with Gasteiger partial charge in [-0.15, -0.1) is 6.58 Å². The van der Waals surface area contributed by atoms with Crippen molar-refractivity contribution in [1.82, 2.24) is 4.72 Å². The summed E-state index contributed by atoms with van der Waals surface area (Å²) in [5.41, 5.74) is 0. The van der Waals surface area contributed by atoms with Crippen molar-refractivity contribution in [2.45, 2.75) is 11.3 Å². The van der Waals surface area contributed by atoms with E-state index in [1.54, 1.807) is 30.3 Å². The molecule has 0 aliphatic rings. The van der Waals surface area contributed by atoms with Crippen LogP contribution in [0, 0.1) is 3.57 Å². The van der Waals surface area contributed by atoms with Crippen LogP contribution in [0.5, 0.6) is 0 Å². The third-order valence-corrected chi connectivity index (χ3v) is 3.96. The Hall–Kier alpha value is -0.400. The highest BCUT2D eigenvalue weighted by Gasteiger charge is 2.11. The number of benzene rings is 1. The van der Waals surface area contributed by atoms with E-state index in [4.69, 9.17) is 0 Å². The van der Waals surface area contributed by atoms with Gasteiger partial charge in [-0.05, 0) is 53.3 Å². The van der Waals surface area contributed by atoms with Gasteiger partial charge in [0.25, 0.3) is 0 Å². The highest BCUT2D eigenvalue weighted by Crippen LogP contribution is 2.11. The van der Waals surface area contributed by atoms with Crippen LogP contribution in [-0.4, -0.2) is 15.0 Å². The van der Waals surface area contributed by atoms with Gasteiger partial charge in [0, 0.05) is 10.1 Å². The monoisotopic (exact) mass is 337 g/mol. The summed E-state index contributed by atoms with van der Waals surface area (Å²) in [6.45, 7) is 3.92. The van der Waals surface area contributed by atoms with Gasteiger partial charge in [0.1, 0.15) is 0 Å². The van der Waals surface area contributed by atoms with E-state index in [1.165, 1.54) is 0 Å². The van der Waals surface area contributed by atoms with E-state index in [2.05, 4.69) is 33.9 Å². The first-order valence-electron chi connectivity index (χ1n) is 4.42. The van der Waals surface area contributed by atoms with Crippen molar-refractivity contribution in [3.8, 4) is 0 Å². The molecule has 0 saturated heterocycles. The highest BCUT2D eigenvalue weighted by molar-refractivity contribution is 14.1.